The zero-order chi connectivity index (χ0) is 21.3. The summed E-state index contributed by atoms with van der Waals surface area (Å²) in [6, 6.07) is 4.18. The van der Waals surface area contributed by atoms with Crippen molar-refractivity contribution < 1.29 is 9.53 Å². The molecule has 3 heterocycles. The predicted octanol–water partition coefficient (Wildman–Crippen LogP) is 2.24. The molecule has 9 heteroatoms. The first-order chi connectivity index (χ1) is 14.6. The van der Waals surface area contributed by atoms with Gasteiger partial charge >= 0.3 is 0 Å². The number of aliphatic imine (C=N–C) groups is 1. The Hall–Kier alpha value is -1.62. The molecular formula is C22H37IN6O2. The third-order valence-corrected chi connectivity index (χ3v) is 5.79. The summed E-state index contributed by atoms with van der Waals surface area (Å²) >= 11 is 0. The molecular weight excluding hydrogens is 507 g/mol. The summed E-state index contributed by atoms with van der Waals surface area (Å²) in [5, 5.41) is 6.16. The lowest BCUT2D eigenvalue weighted by Crippen LogP contribution is -2.46. The average molecular weight is 544 g/mol. The molecule has 2 aliphatic rings. The van der Waals surface area contributed by atoms with Gasteiger partial charge < -0.3 is 25.2 Å². The van der Waals surface area contributed by atoms with E-state index < -0.39 is 0 Å². The Morgan fingerprint density at radius 2 is 2.10 bits per heavy atom. The number of halogens is 1. The maximum atomic E-state index is 11.6. The van der Waals surface area contributed by atoms with Crippen LogP contribution in [0.3, 0.4) is 0 Å². The van der Waals surface area contributed by atoms with Gasteiger partial charge in [0, 0.05) is 52.4 Å². The smallest absolute Gasteiger partial charge is 0.220 e. The summed E-state index contributed by atoms with van der Waals surface area (Å²) < 4.78 is 5.64. The number of guanidine groups is 1. The number of anilines is 1. The van der Waals surface area contributed by atoms with Crippen molar-refractivity contribution in [3.8, 4) is 0 Å². The number of hydrogen-bond acceptors (Lipinski definition) is 5. The normalized spacial score (nSPS) is 20.2. The van der Waals surface area contributed by atoms with E-state index in [1.54, 1.807) is 7.05 Å². The Morgan fingerprint density at radius 1 is 1.32 bits per heavy atom. The van der Waals surface area contributed by atoms with Gasteiger partial charge in [-0.05, 0) is 50.3 Å². The number of piperidine rings is 1. The van der Waals surface area contributed by atoms with Crippen LogP contribution >= 0.6 is 24.0 Å². The Balaban J connectivity index is 0.00000341. The highest BCUT2D eigenvalue weighted by atomic mass is 127. The van der Waals surface area contributed by atoms with E-state index >= 15 is 0 Å². The topological polar surface area (TPSA) is 82.1 Å². The van der Waals surface area contributed by atoms with Crippen LogP contribution in [0.1, 0.15) is 38.7 Å². The van der Waals surface area contributed by atoms with Gasteiger partial charge in [0.2, 0.25) is 5.91 Å². The first-order valence-electron chi connectivity index (χ1n) is 11.1. The summed E-state index contributed by atoms with van der Waals surface area (Å²) in [6.45, 7) is 10.00. The molecule has 1 amide bonds. The molecule has 1 aromatic heterocycles. The minimum absolute atomic E-state index is 0. The second-order valence-electron chi connectivity index (χ2n) is 8.13. The lowest BCUT2D eigenvalue weighted by molar-refractivity contribution is -0.121. The fourth-order valence-electron chi connectivity index (χ4n) is 4.06. The molecule has 0 bridgehead atoms. The van der Waals surface area contributed by atoms with Crippen LogP contribution < -0.4 is 15.5 Å². The van der Waals surface area contributed by atoms with Crippen LogP contribution in [0.2, 0.25) is 0 Å². The molecule has 2 aliphatic heterocycles. The summed E-state index contributed by atoms with van der Waals surface area (Å²) in [6.07, 6.45) is 4.77. The van der Waals surface area contributed by atoms with Crippen molar-refractivity contribution in [1.82, 2.24) is 20.5 Å². The van der Waals surface area contributed by atoms with Crippen molar-refractivity contribution in [2.24, 2.45) is 10.9 Å². The van der Waals surface area contributed by atoms with E-state index in [2.05, 4.69) is 45.3 Å². The second kappa shape index (κ2) is 13.0. The summed E-state index contributed by atoms with van der Waals surface area (Å²) in [4.78, 5) is 25.7. The van der Waals surface area contributed by atoms with Crippen LogP contribution in [-0.4, -0.2) is 74.2 Å². The van der Waals surface area contributed by atoms with Crippen molar-refractivity contribution >= 4 is 41.7 Å². The third kappa shape index (κ3) is 7.78. The van der Waals surface area contributed by atoms with Gasteiger partial charge in [-0.2, -0.15) is 0 Å². The number of nitrogens with zero attached hydrogens (tertiary/aromatic N) is 4. The number of amides is 1. The highest BCUT2D eigenvalue weighted by Crippen LogP contribution is 2.21. The molecule has 1 atom stereocenters. The average Bonchev–Trinajstić information content (AvgIpc) is 2.77. The lowest BCUT2D eigenvalue weighted by Gasteiger charge is -2.34. The number of carbonyl (C=O) groups is 1. The van der Waals surface area contributed by atoms with Crippen LogP contribution in [-0.2, 0) is 16.1 Å². The predicted molar refractivity (Wildman–Crippen MR) is 135 cm³/mol. The number of likely N-dealkylation sites (tertiary alicyclic amines) is 1. The first kappa shape index (κ1) is 25.6. The largest absolute Gasteiger partial charge is 0.375 e. The number of morpholine rings is 1. The van der Waals surface area contributed by atoms with Crippen molar-refractivity contribution in [3.63, 3.8) is 0 Å². The van der Waals surface area contributed by atoms with Gasteiger partial charge in [0.1, 0.15) is 5.82 Å². The van der Waals surface area contributed by atoms with E-state index in [9.17, 15) is 4.79 Å². The monoisotopic (exact) mass is 544 g/mol. The molecule has 174 valence electrons. The molecule has 0 radical (unpaired) electrons. The Bertz CT molecular complexity index is 724. The quantitative estimate of drug-likeness (QED) is 0.325. The molecule has 3 rings (SSSR count). The van der Waals surface area contributed by atoms with Crippen LogP contribution in [0.25, 0.3) is 0 Å². The Labute approximate surface area is 203 Å². The van der Waals surface area contributed by atoms with Gasteiger partial charge in [0.15, 0.2) is 5.96 Å². The molecule has 0 spiro atoms. The zero-order valence-electron chi connectivity index (χ0n) is 19.0. The molecule has 1 unspecified atom stereocenters. The fourth-order valence-corrected chi connectivity index (χ4v) is 4.06. The van der Waals surface area contributed by atoms with Gasteiger partial charge in [-0.1, -0.05) is 0 Å². The number of carbonyl (C=O) groups excluding carboxylic acids is 1. The van der Waals surface area contributed by atoms with Gasteiger partial charge in [0.25, 0.3) is 0 Å². The maximum Gasteiger partial charge on any atom is 0.220 e. The standard InChI is InChI=1S/C22H36N6O2.HI/c1-4-24-22(27-9-6-18(7-10-27)14-21(29)23-3)26-15-19-5-8-25-20(13-19)28-11-12-30-17(2)16-28;/h5,8,13,17-18H,4,6-7,9-12,14-16H2,1-3H3,(H,23,29)(H,24,26);1H. The number of hydrogen-bond donors (Lipinski definition) is 2. The van der Waals surface area contributed by atoms with Crippen LogP contribution in [0.5, 0.6) is 0 Å². The minimum Gasteiger partial charge on any atom is -0.375 e. The molecule has 31 heavy (non-hydrogen) atoms. The highest BCUT2D eigenvalue weighted by Gasteiger charge is 2.23. The summed E-state index contributed by atoms with van der Waals surface area (Å²) in [5.41, 5.74) is 1.16. The zero-order valence-corrected chi connectivity index (χ0v) is 21.3. The molecule has 8 nitrogen and oxygen atoms in total. The van der Waals surface area contributed by atoms with Crippen LogP contribution in [0.15, 0.2) is 23.3 Å². The number of rotatable bonds is 6. The number of pyridine rings is 1. The Morgan fingerprint density at radius 3 is 2.77 bits per heavy atom. The van der Waals surface area contributed by atoms with Crippen LogP contribution in [0.4, 0.5) is 5.82 Å². The minimum atomic E-state index is 0. The second-order valence-corrected chi connectivity index (χ2v) is 8.13. The van der Waals surface area contributed by atoms with E-state index in [4.69, 9.17) is 9.73 Å². The van der Waals surface area contributed by atoms with Gasteiger partial charge in [-0.25, -0.2) is 9.98 Å². The van der Waals surface area contributed by atoms with Gasteiger partial charge in [-0.3, -0.25) is 4.79 Å². The third-order valence-electron chi connectivity index (χ3n) is 5.79. The van der Waals surface area contributed by atoms with E-state index in [0.717, 1.165) is 69.5 Å². The van der Waals surface area contributed by atoms with Crippen molar-refractivity contribution in [2.75, 3.05) is 51.3 Å². The highest BCUT2D eigenvalue weighted by molar-refractivity contribution is 14.0. The van der Waals surface area contributed by atoms with Gasteiger partial charge in [0.05, 0.1) is 19.3 Å². The first-order valence-corrected chi connectivity index (χ1v) is 11.1. The maximum absolute atomic E-state index is 11.6. The van der Waals surface area contributed by atoms with Crippen LogP contribution in [0, 0.1) is 5.92 Å². The molecule has 0 aromatic carbocycles. The van der Waals surface area contributed by atoms with E-state index in [1.165, 1.54) is 0 Å². The van der Waals surface area contributed by atoms with Gasteiger partial charge in [-0.15, -0.1) is 24.0 Å². The summed E-state index contributed by atoms with van der Waals surface area (Å²) in [7, 11) is 1.71. The number of ether oxygens (including phenoxy) is 1. The van der Waals surface area contributed by atoms with Crippen molar-refractivity contribution in [3.05, 3.63) is 23.9 Å². The van der Waals surface area contributed by atoms with E-state index in [-0.39, 0.29) is 36.0 Å². The van der Waals surface area contributed by atoms with Crippen molar-refractivity contribution in [2.45, 2.75) is 45.8 Å². The Kier molecular flexibility index (Phi) is 10.8. The fraction of sp³-hybridized carbons (Fsp3) is 0.682. The molecule has 2 fully saturated rings. The molecule has 1 aromatic rings. The molecule has 0 aliphatic carbocycles. The molecule has 2 N–H and O–H groups in total. The summed E-state index contributed by atoms with van der Waals surface area (Å²) in [5.74, 6) is 2.55. The van der Waals surface area contributed by atoms with E-state index in [1.807, 2.05) is 12.3 Å². The molecule has 2 saturated heterocycles. The molecule has 0 saturated carbocycles. The lowest BCUT2D eigenvalue weighted by atomic mass is 9.93. The SMILES string of the molecule is CCNC(=NCc1ccnc(N2CCOC(C)C2)c1)N1CCC(CC(=O)NC)CC1.I. The number of nitrogens with one attached hydrogen (secondary N) is 2. The van der Waals surface area contributed by atoms with Crippen molar-refractivity contribution in [1.29, 1.82) is 0 Å². The number of aromatic nitrogens is 1. The van der Waals surface area contributed by atoms with E-state index in [0.29, 0.717) is 18.9 Å².